The molecular formula is C26H28FN2O2S+. The molecule has 0 bridgehead atoms. The zero-order valence-corrected chi connectivity index (χ0v) is 19.4. The van der Waals surface area contributed by atoms with Crippen LogP contribution in [0.3, 0.4) is 0 Å². The molecule has 0 aliphatic carbocycles. The van der Waals surface area contributed by atoms with Gasteiger partial charge in [0.25, 0.3) is 0 Å². The minimum atomic E-state index is -0.885. The number of benzene rings is 3. The third kappa shape index (κ3) is 5.98. The Labute approximate surface area is 192 Å². The molecule has 0 atom stereocenters. The van der Waals surface area contributed by atoms with Gasteiger partial charge in [-0.25, -0.2) is 4.39 Å². The maximum Gasteiger partial charge on any atom is 0.234 e. The van der Waals surface area contributed by atoms with Gasteiger partial charge >= 0.3 is 0 Å². The quantitative estimate of drug-likeness (QED) is 0.369. The van der Waals surface area contributed by atoms with Gasteiger partial charge in [0.05, 0.1) is 17.5 Å². The van der Waals surface area contributed by atoms with Crippen molar-refractivity contribution in [3.8, 4) is 0 Å². The topological polar surface area (TPSA) is 58.2 Å². The molecule has 0 saturated carbocycles. The predicted molar refractivity (Wildman–Crippen MR) is 131 cm³/mol. The lowest BCUT2D eigenvalue weighted by atomic mass is 9.83. The van der Waals surface area contributed by atoms with E-state index in [1.165, 1.54) is 28.8 Å². The zero-order chi connectivity index (χ0) is 23.1. The number of anilines is 2. The highest BCUT2D eigenvalue weighted by atomic mass is 32.2. The molecule has 4 nitrogen and oxygen atoms in total. The molecule has 3 rings (SSSR count). The van der Waals surface area contributed by atoms with Gasteiger partial charge in [0, 0.05) is 17.4 Å². The molecule has 0 fully saturated rings. The lowest BCUT2D eigenvalue weighted by molar-refractivity contribution is -0.120. The van der Waals surface area contributed by atoms with Crippen molar-refractivity contribution >= 4 is 35.0 Å². The van der Waals surface area contributed by atoms with Crippen LogP contribution in [0.1, 0.15) is 31.9 Å². The highest BCUT2D eigenvalue weighted by Gasteiger charge is 2.30. The monoisotopic (exact) mass is 451 g/mol. The summed E-state index contributed by atoms with van der Waals surface area (Å²) in [6.07, 6.45) is 0.293. The van der Waals surface area contributed by atoms with Gasteiger partial charge < -0.3 is 10.6 Å². The van der Waals surface area contributed by atoms with E-state index in [4.69, 9.17) is 0 Å². The Morgan fingerprint density at radius 1 is 0.906 bits per heavy atom. The number of halogens is 1. The minimum Gasteiger partial charge on any atom is -0.326 e. The number of hydrogen-bond acceptors (Lipinski definition) is 2. The third-order valence-electron chi connectivity index (χ3n) is 5.22. The number of thiol groups is 1. The van der Waals surface area contributed by atoms with Gasteiger partial charge in [-0.15, -0.1) is 0 Å². The second-order valence-corrected chi connectivity index (χ2v) is 9.47. The standard InChI is InChI=1S/C26H27FN2O2S/c1-4-32-21-15-9-18(10-16-21)17-24(30)28-20-13-11-19(12-14-20)26(2,3)25(31)29-23-8-6-5-7-22(23)27/h5-16H,4,17H2,1-3H3,(H,28,30)(H,29,31)/p+1. The van der Waals surface area contributed by atoms with E-state index >= 15 is 0 Å². The van der Waals surface area contributed by atoms with Crippen molar-refractivity contribution < 1.29 is 14.0 Å². The Balaban J connectivity index is 1.61. The Morgan fingerprint density at radius 2 is 1.56 bits per heavy atom. The summed E-state index contributed by atoms with van der Waals surface area (Å²) in [5.41, 5.74) is 1.64. The fourth-order valence-corrected chi connectivity index (χ4v) is 3.96. The molecule has 0 aromatic heterocycles. The molecular weight excluding hydrogens is 423 g/mol. The lowest BCUT2D eigenvalue weighted by Crippen LogP contribution is -2.35. The molecule has 0 aliphatic rings. The number of hydrogen-bond donors (Lipinski definition) is 2. The van der Waals surface area contributed by atoms with Crippen molar-refractivity contribution in [2.45, 2.75) is 37.5 Å². The van der Waals surface area contributed by atoms with Gasteiger partial charge in [0.2, 0.25) is 11.8 Å². The summed E-state index contributed by atoms with van der Waals surface area (Å²) < 4.78 is 13.9. The van der Waals surface area contributed by atoms with Crippen LogP contribution in [0.4, 0.5) is 15.8 Å². The summed E-state index contributed by atoms with van der Waals surface area (Å²) in [6.45, 7) is 5.68. The van der Waals surface area contributed by atoms with Gasteiger partial charge in [-0.05, 0) is 68.3 Å². The zero-order valence-electron chi connectivity index (χ0n) is 18.5. The minimum absolute atomic E-state index is 0.102. The Bertz CT molecular complexity index is 1080. The van der Waals surface area contributed by atoms with Gasteiger partial charge in [-0.1, -0.05) is 36.4 Å². The highest BCUT2D eigenvalue weighted by Crippen LogP contribution is 2.27. The number of nitrogens with one attached hydrogen (secondary N) is 2. The van der Waals surface area contributed by atoms with Crippen LogP contribution in [0.25, 0.3) is 0 Å². The fourth-order valence-electron chi connectivity index (χ4n) is 3.23. The van der Waals surface area contributed by atoms with Crippen LogP contribution in [0, 0.1) is 5.82 Å². The maximum absolute atomic E-state index is 13.9. The summed E-state index contributed by atoms with van der Waals surface area (Å²) in [5.74, 6) is 0.173. The van der Waals surface area contributed by atoms with Gasteiger partial charge in [0.15, 0.2) is 4.90 Å². The van der Waals surface area contributed by atoms with E-state index in [1.807, 2.05) is 12.1 Å². The number of carbonyl (C=O) groups is 2. The first kappa shape index (κ1) is 23.5. The van der Waals surface area contributed by atoms with E-state index < -0.39 is 11.2 Å². The van der Waals surface area contributed by atoms with Crippen molar-refractivity contribution in [2.24, 2.45) is 0 Å². The van der Waals surface area contributed by atoms with Gasteiger partial charge in [-0.3, -0.25) is 9.59 Å². The van der Waals surface area contributed by atoms with E-state index in [9.17, 15) is 14.0 Å². The first-order chi connectivity index (χ1) is 15.3. The first-order valence-electron chi connectivity index (χ1n) is 10.5. The van der Waals surface area contributed by atoms with Crippen LogP contribution in [0.15, 0.2) is 77.7 Å². The number of para-hydroxylation sites is 1. The van der Waals surface area contributed by atoms with E-state index in [0.717, 1.165) is 16.9 Å². The molecule has 3 aromatic carbocycles. The van der Waals surface area contributed by atoms with E-state index in [1.54, 1.807) is 50.2 Å². The van der Waals surface area contributed by atoms with Crippen LogP contribution in [-0.2, 0) is 33.2 Å². The molecule has 0 spiro atoms. The molecule has 3 aromatic rings. The van der Waals surface area contributed by atoms with Crippen LogP contribution < -0.4 is 10.6 Å². The van der Waals surface area contributed by atoms with Crippen LogP contribution in [-0.4, -0.2) is 17.6 Å². The summed E-state index contributed by atoms with van der Waals surface area (Å²) in [5, 5.41) is 5.55. The average Bonchev–Trinajstić information content (AvgIpc) is 2.77. The van der Waals surface area contributed by atoms with Crippen LogP contribution in [0.2, 0.25) is 0 Å². The van der Waals surface area contributed by atoms with Gasteiger partial charge in [-0.2, -0.15) is 0 Å². The summed E-state index contributed by atoms with van der Waals surface area (Å²) in [6, 6.07) is 21.3. The number of rotatable bonds is 8. The Kier molecular flexibility index (Phi) is 7.70. The molecule has 166 valence electrons. The van der Waals surface area contributed by atoms with Crippen molar-refractivity contribution in [2.75, 3.05) is 16.4 Å². The lowest BCUT2D eigenvalue weighted by Gasteiger charge is -2.24. The summed E-state index contributed by atoms with van der Waals surface area (Å²) in [4.78, 5) is 26.4. The maximum atomic E-state index is 13.9. The molecule has 0 unspecified atom stereocenters. The molecule has 0 aliphatic heterocycles. The SMILES string of the molecule is CC[SH+]c1ccc(CC(=O)Nc2ccc(C(C)(C)C(=O)Nc3ccccc3F)cc2)cc1. The second kappa shape index (κ2) is 10.5. The summed E-state index contributed by atoms with van der Waals surface area (Å²) in [7, 11) is 0. The highest BCUT2D eigenvalue weighted by molar-refractivity contribution is 7.78. The molecule has 2 amide bonds. The predicted octanol–water partition coefficient (Wildman–Crippen LogP) is 5.12. The third-order valence-corrected chi connectivity index (χ3v) is 6.20. The fraction of sp³-hybridized carbons (Fsp3) is 0.231. The second-order valence-electron chi connectivity index (χ2n) is 8.00. The number of carbonyl (C=O) groups excluding carboxylic acids is 2. The molecule has 0 saturated heterocycles. The van der Waals surface area contributed by atoms with Crippen molar-refractivity contribution in [1.82, 2.24) is 0 Å². The molecule has 6 heteroatoms. The first-order valence-corrected chi connectivity index (χ1v) is 11.6. The summed E-state index contributed by atoms with van der Waals surface area (Å²) >= 11 is 1.28. The van der Waals surface area contributed by atoms with E-state index in [0.29, 0.717) is 12.1 Å². The Hall–Kier alpha value is -3.12. The van der Waals surface area contributed by atoms with E-state index in [-0.39, 0.29) is 17.5 Å². The van der Waals surface area contributed by atoms with Crippen molar-refractivity contribution in [3.05, 3.63) is 89.7 Å². The molecule has 0 heterocycles. The molecule has 0 radical (unpaired) electrons. The Morgan fingerprint density at radius 3 is 2.19 bits per heavy atom. The molecule has 2 N–H and O–H groups in total. The van der Waals surface area contributed by atoms with Crippen molar-refractivity contribution in [3.63, 3.8) is 0 Å². The van der Waals surface area contributed by atoms with Crippen LogP contribution >= 0.6 is 0 Å². The van der Waals surface area contributed by atoms with Gasteiger partial charge in [0.1, 0.15) is 11.6 Å². The smallest absolute Gasteiger partial charge is 0.234 e. The van der Waals surface area contributed by atoms with Crippen molar-refractivity contribution in [1.29, 1.82) is 0 Å². The normalized spacial score (nSPS) is 11.1. The molecule has 32 heavy (non-hydrogen) atoms. The van der Waals surface area contributed by atoms with Crippen LogP contribution in [0.5, 0.6) is 0 Å². The largest absolute Gasteiger partial charge is 0.326 e. The number of amides is 2. The average molecular weight is 452 g/mol. The van der Waals surface area contributed by atoms with E-state index in [2.05, 4.69) is 29.7 Å².